The molecule has 1 aliphatic rings. The average Bonchev–Trinajstić information content (AvgIpc) is 3.51. The van der Waals surface area contributed by atoms with Crippen LogP contribution in [0.2, 0.25) is 20.1 Å². The molecule has 2 nitrogen and oxygen atoms in total. The highest BCUT2D eigenvalue weighted by Crippen LogP contribution is 2.41. The fraction of sp³-hybridized carbons (Fsp3) is 0.238. The molecule has 29 heavy (non-hydrogen) atoms. The second kappa shape index (κ2) is 10.6. The Hall–Kier alpha value is -0.620. The normalized spacial score (nSPS) is 13.2. The van der Waals surface area contributed by atoms with Gasteiger partial charge in [-0.25, -0.2) is 0 Å². The summed E-state index contributed by atoms with van der Waals surface area (Å²) in [5.41, 5.74) is 2.00. The lowest BCUT2D eigenvalue weighted by Gasteiger charge is -2.12. The molecule has 0 aliphatic heterocycles. The smallest absolute Gasteiger partial charge is 0.170 e. The highest BCUT2D eigenvalue weighted by atomic mass is 35.5. The lowest BCUT2D eigenvalue weighted by molar-refractivity contribution is -0.118. The van der Waals surface area contributed by atoms with E-state index in [2.05, 4.69) is 0 Å². The molecule has 1 fully saturated rings. The number of thioether (sulfide) groups is 2. The van der Waals surface area contributed by atoms with Crippen molar-refractivity contribution < 1.29 is 9.59 Å². The van der Waals surface area contributed by atoms with E-state index in [-0.39, 0.29) is 17.3 Å². The number of carbonyl (C=O) groups excluding carboxylic acids is 2. The highest BCUT2D eigenvalue weighted by Gasteiger charge is 2.33. The van der Waals surface area contributed by atoms with Crippen molar-refractivity contribution >= 4 is 82.0 Å². The molecule has 152 valence electrons. The SMILES string of the molecule is O=CC(C(=O)C1CC1)=C(SCc1ccc(Cl)cc1Cl)SCc1ccc(Cl)cc1Cl. The molecule has 0 spiro atoms. The lowest BCUT2D eigenvalue weighted by Crippen LogP contribution is -2.08. The summed E-state index contributed by atoms with van der Waals surface area (Å²) in [5, 5.41) is 2.22. The first-order valence-corrected chi connectivity index (χ1v) is 12.2. The van der Waals surface area contributed by atoms with Gasteiger partial charge in [0.2, 0.25) is 0 Å². The molecule has 0 N–H and O–H groups in total. The van der Waals surface area contributed by atoms with Crippen LogP contribution in [-0.4, -0.2) is 12.1 Å². The zero-order valence-electron chi connectivity index (χ0n) is 15.1. The summed E-state index contributed by atoms with van der Waals surface area (Å²) < 4.78 is 0.675. The van der Waals surface area contributed by atoms with Crippen LogP contribution in [0.1, 0.15) is 24.0 Å². The van der Waals surface area contributed by atoms with E-state index < -0.39 is 0 Å². The maximum absolute atomic E-state index is 12.6. The van der Waals surface area contributed by atoms with Crippen LogP contribution in [0.15, 0.2) is 46.2 Å². The molecule has 2 aromatic carbocycles. The van der Waals surface area contributed by atoms with Gasteiger partial charge in [0, 0.05) is 37.5 Å². The molecule has 2 aromatic rings. The third kappa shape index (κ3) is 6.43. The molecule has 8 heteroatoms. The van der Waals surface area contributed by atoms with Crippen LogP contribution >= 0.6 is 69.9 Å². The lowest BCUT2D eigenvalue weighted by atomic mass is 10.1. The van der Waals surface area contributed by atoms with Gasteiger partial charge < -0.3 is 0 Å². The summed E-state index contributed by atoms with van der Waals surface area (Å²) >= 11 is 27.3. The number of hydrogen-bond acceptors (Lipinski definition) is 4. The van der Waals surface area contributed by atoms with E-state index in [1.54, 1.807) is 24.3 Å². The van der Waals surface area contributed by atoms with E-state index in [1.165, 1.54) is 23.5 Å². The van der Waals surface area contributed by atoms with Gasteiger partial charge in [0.15, 0.2) is 12.1 Å². The van der Waals surface area contributed by atoms with E-state index in [1.807, 2.05) is 12.1 Å². The molecule has 1 saturated carbocycles. The van der Waals surface area contributed by atoms with Gasteiger partial charge in [-0.15, -0.1) is 23.5 Å². The number of allylic oxidation sites excluding steroid dienone is 1. The Labute approximate surface area is 198 Å². The van der Waals surface area contributed by atoms with Crippen LogP contribution in [0.5, 0.6) is 0 Å². The molecule has 3 rings (SSSR count). The van der Waals surface area contributed by atoms with E-state index in [4.69, 9.17) is 46.4 Å². The van der Waals surface area contributed by atoms with Gasteiger partial charge in [-0.1, -0.05) is 58.5 Å². The van der Waals surface area contributed by atoms with Crippen LogP contribution in [0.4, 0.5) is 0 Å². The Kier molecular flexibility index (Phi) is 8.43. The third-order valence-corrected chi connectivity index (χ3v) is 8.06. The zero-order valence-corrected chi connectivity index (χ0v) is 19.7. The van der Waals surface area contributed by atoms with Crippen molar-refractivity contribution in [3.8, 4) is 0 Å². The fourth-order valence-electron chi connectivity index (χ4n) is 2.53. The number of halogens is 4. The van der Waals surface area contributed by atoms with Crippen molar-refractivity contribution in [2.45, 2.75) is 24.3 Å². The van der Waals surface area contributed by atoms with Crippen molar-refractivity contribution in [1.82, 2.24) is 0 Å². The predicted molar refractivity (Wildman–Crippen MR) is 126 cm³/mol. The molecule has 0 saturated heterocycles. The number of Topliss-reactive ketones (excluding diaryl/α,β-unsaturated/α-hetero) is 1. The third-order valence-electron chi connectivity index (χ3n) is 4.30. The molecule has 0 amide bonds. The summed E-state index contributed by atoms with van der Waals surface area (Å²) in [6.07, 6.45) is 2.35. The van der Waals surface area contributed by atoms with Gasteiger partial charge in [0.05, 0.1) is 9.81 Å². The summed E-state index contributed by atoms with van der Waals surface area (Å²) in [6.45, 7) is 0. The standard InChI is InChI=1S/C21H16Cl4O2S2/c22-15-5-3-13(18(24)7-15)10-28-21(17(9-26)20(27)12-1-2-12)29-11-14-4-6-16(23)8-19(14)25/h3-9,12H,1-2,10-11H2. The van der Waals surface area contributed by atoms with Crippen LogP contribution in [0.3, 0.4) is 0 Å². The van der Waals surface area contributed by atoms with Crippen molar-refractivity contribution in [2.75, 3.05) is 0 Å². The van der Waals surface area contributed by atoms with Crippen LogP contribution < -0.4 is 0 Å². The van der Waals surface area contributed by atoms with Gasteiger partial charge in [0.25, 0.3) is 0 Å². The molecule has 0 heterocycles. The first-order chi connectivity index (χ1) is 13.9. The molecular formula is C21H16Cl4O2S2. The number of aldehydes is 1. The molecule has 0 atom stereocenters. The zero-order chi connectivity index (χ0) is 21.0. The average molecular weight is 506 g/mol. The first-order valence-electron chi connectivity index (χ1n) is 8.76. The minimum absolute atomic E-state index is 0.0374. The summed E-state index contributed by atoms with van der Waals surface area (Å²) in [7, 11) is 0. The van der Waals surface area contributed by atoms with Gasteiger partial charge in [-0.05, 0) is 48.2 Å². The minimum atomic E-state index is -0.0839. The largest absolute Gasteiger partial charge is 0.298 e. The monoisotopic (exact) mass is 504 g/mol. The van der Waals surface area contributed by atoms with Gasteiger partial charge in [-0.3, -0.25) is 9.59 Å². The van der Waals surface area contributed by atoms with Gasteiger partial charge in [-0.2, -0.15) is 0 Å². The number of rotatable bonds is 9. The first kappa shape index (κ1) is 23.1. The summed E-state index contributed by atoms with van der Waals surface area (Å²) in [5.74, 6) is 0.910. The number of ketones is 1. The number of carbonyl (C=O) groups is 2. The topological polar surface area (TPSA) is 34.1 Å². The Morgan fingerprint density at radius 2 is 1.38 bits per heavy atom. The summed E-state index contributed by atoms with van der Waals surface area (Å²) in [6, 6.07) is 10.6. The summed E-state index contributed by atoms with van der Waals surface area (Å²) in [4.78, 5) is 24.4. The second-order valence-corrected chi connectivity index (χ2v) is 10.4. The maximum atomic E-state index is 12.6. The van der Waals surface area contributed by atoms with Crippen LogP contribution in [0.25, 0.3) is 0 Å². The van der Waals surface area contributed by atoms with E-state index in [0.29, 0.717) is 42.1 Å². The van der Waals surface area contributed by atoms with Crippen molar-refractivity contribution in [2.24, 2.45) is 5.92 Å². The van der Waals surface area contributed by atoms with Crippen molar-refractivity contribution in [3.05, 3.63) is 77.4 Å². The fourth-order valence-corrected chi connectivity index (χ4v) is 6.01. The van der Waals surface area contributed by atoms with Crippen molar-refractivity contribution in [3.63, 3.8) is 0 Å². The van der Waals surface area contributed by atoms with E-state index in [0.717, 1.165) is 24.0 Å². The van der Waals surface area contributed by atoms with Crippen molar-refractivity contribution in [1.29, 1.82) is 0 Å². The Morgan fingerprint density at radius 3 is 1.76 bits per heavy atom. The maximum Gasteiger partial charge on any atom is 0.170 e. The number of hydrogen-bond donors (Lipinski definition) is 0. The molecule has 0 radical (unpaired) electrons. The second-order valence-electron chi connectivity index (χ2n) is 6.51. The molecular weight excluding hydrogens is 490 g/mol. The molecule has 0 bridgehead atoms. The van der Waals surface area contributed by atoms with Crippen LogP contribution in [-0.2, 0) is 21.1 Å². The Bertz CT molecular complexity index is 914. The Morgan fingerprint density at radius 1 is 0.897 bits per heavy atom. The highest BCUT2D eigenvalue weighted by molar-refractivity contribution is 8.21. The number of benzene rings is 2. The predicted octanol–water partition coefficient (Wildman–Crippen LogP) is 7.86. The Balaban J connectivity index is 1.82. The van der Waals surface area contributed by atoms with E-state index >= 15 is 0 Å². The minimum Gasteiger partial charge on any atom is -0.298 e. The molecule has 0 unspecified atom stereocenters. The van der Waals surface area contributed by atoms with Gasteiger partial charge >= 0.3 is 0 Å². The van der Waals surface area contributed by atoms with Gasteiger partial charge in [0.1, 0.15) is 0 Å². The molecule has 1 aliphatic carbocycles. The molecule has 0 aromatic heterocycles. The van der Waals surface area contributed by atoms with E-state index in [9.17, 15) is 9.59 Å². The van der Waals surface area contributed by atoms with Crippen LogP contribution in [0, 0.1) is 5.92 Å². The quantitative estimate of drug-likeness (QED) is 0.150.